The lowest BCUT2D eigenvalue weighted by Crippen LogP contribution is -2.36. The molecule has 7 heteroatoms. The SMILES string of the molecule is CC(C)C[C@H](N)C(=O)Nc1nnc(SCc2ccccc2)s1. The summed E-state index contributed by atoms with van der Waals surface area (Å²) < 4.78 is 0.830. The van der Waals surface area contributed by atoms with Gasteiger partial charge in [-0.25, -0.2) is 0 Å². The van der Waals surface area contributed by atoms with Crippen LogP contribution in [0.2, 0.25) is 0 Å². The summed E-state index contributed by atoms with van der Waals surface area (Å²) >= 11 is 2.97. The van der Waals surface area contributed by atoms with Crippen molar-refractivity contribution in [3.8, 4) is 0 Å². The van der Waals surface area contributed by atoms with Gasteiger partial charge in [-0.05, 0) is 17.9 Å². The molecule has 118 valence electrons. The molecule has 0 aliphatic heterocycles. The second kappa shape index (κ2) is 8.26. The van der Waals surface area contributed by atoms with Crippen LogP contribution in [0.25, 0.3) is 0 Å². The van der Waals surface area contributed by atoms with Crippen LogP contribution in [0.15, 0.2) is 34.7 Å². The fourth-order valence-electron chi connectivity index (χ4n) is 1.85. The fraction of sp³-hybridized carbons (Fsp3) is 0.400. The Kier molecular flexibility index (Phi) is 6.35. The van der Waals surface area contributed by atoms with Crippen LogP contribution in [0.3, 0.4) is 0 Å². The molecular weight excluding hydrogens is 316 g/mol. The third-order valence-electron chi connectivity index (χ3n) is 2.90. The predicted molar refractivity (Wildman–Crippen MR) is 92.0 cm³/mol. The van der Waals surface area contributed by atoms with E-state index >= 15 is 0 Å². The number of carbonyl (C=O) groups is 1. The number of anilines is 1. The fourth-order valence-corrected chi connectivity index (χ4v) is 3.56. The Morgan fingerprint density at radius 3 is 2.73 bits per heavy atom. The van der Waals surface area contributed by atoms with Crippen molar-refractivity contribution in [2.45, 2.75) is 36.4 Å². The van der Waals surface area contributed by atoms with E-state index < -0.39 is 6.04 Å². The third-order valence-corrected chi connectivity index (χ3v) is 4.95. The third kappa shape index (κ3) is 5.40. The van der Waals surface area contributed by atoms with E-state index in [1.807, 2.05) is 32.0 Å². The first kappa shape index (κ1) is 16.9. The Balaban J connectivity index is 1.85. The van der Waals surface area contributed by atoms with Gasteiger partial charge in [-0.1, -0.05) is 67.3 Å². The van der Waals surface area contributed by atoms with Crippen molar-refractivity contribution in [2.75, 3.05) is 5.32 Å². The highest BCUT2D eigenvalue weighted by molar-refractivity contribution is 8.00. The number of hydrogen-bond acceptors (Lipinski definition) is 6. The van der Waals surface area contributed by atoms with E-state index in [1.54, 1.807) is 11.8 Å². The van der Waals surface area contributed by atoms with Crippen molar-refractivity contribution in [3.63, 3.8) is 0 Å². The van der Waals surface area contributed by atoms with Crippen molar-refractivity contribution in [3.05, 3.63) is 35.9 Å². The van der Waals surface area contributed by atoms with Gasteiger partial charge >= 0.3 is 0 Å². The number of rotatable bonds is 7. The Morgan fingerprint density at radius 1 is 1.32 bits per heavy atom. The second-order valence-electron chi connectivity index (χ2n) is 5.37. The monoisotopic (exact) mass is 336 g/mol. The van der Waals surface area contributed by atoms with Gasteiger partial charge in [0.1, 0.15) is 0 Å². The van der Waals surface area contributed by atoms with Crippen molar-refractivity contribution in [2.24, 2.45) is 11.7 Å². The van der Waals surface area contributed by atoms with Crippen LogP contribution in [-0.2, 0) is 10.5 Å². The molecule has 5 nitrogen and oxygen atoms in total. The molecule has 0 saturated carbocycles. The van der Waals surface area contributed by atoms with Crippen molar-refractivity contribution in [1.82, 2.24) is 10.2 Å². The molecule has 0 spiro atoms. The summed E-state index contributed by atoms with van der Waals surface area (Å²) in [6.45, 7) is 4.08. The zero-order chi connectivity index (χ0) is 15.9. The number of carbonyl (C=O) groups excluding carboxylic acids is 1. The molecule has 0 saturated heterocycles. The number of nitrogens with two attached hydrogens (primary N) is 1. The van der Waals surface area contributed by atoms with Crippen molar-refractivity contribution in [1.29, 1.82) is 0 Å². The number of hydrogen-bond donors (Lipinski definition) is 2. The Bertz CT molecular complexity index is 601. The predicted octanol–water partition coefficient (Wildman–Crippen LogP) is 3.14. The van der Waals surface area contributed by atoms with E-state index in [-0.39, 0.29) is 5.91 Å². The molecule has 3 N–H and O–H groups in total. The average Bonchev–Trinajstić information content (AvgIpc) is 2.93. The summed E-state index contributed by atoms with van der Waals surface area (Å²) in [7, 11) is 0. The minimum atomic E-state index is -0.510. The molecule has 1 atom stereocenters. The average molecular weight is 336 g/mol. The van der Waals surface area contributed by atoms with Crippen LogP contribution in [0.5, 0.6) is 0 Å². The van der Waals surface area contributed by atoms with E-state index in [2.05, 4.69) is 27.6 Å². The normalized spacial score (nSPS) is 12.4. The van der Waals surface area contributed by atoms with Gasteiger partial charge in [0.2, 0.25) is 11.0 Å². The number of benzene rings is 1. The maximum absolute atomic E-state index is 11.9. The van der Waals surface area contributed by atoms with Gasteiger partial charge in [-0.3, -0.25) is 10.1 Å². The summed E-state index contributed by atoms with van der Waals surface area (Å²) in [4.78, 5) is 11.9. The first-order chi connectivity index (χ1) is 10.5. The lowest BCUT2D eigenvalue weighted by molar-refractivity contribution is -0.117. The molecule has 1 aromatic carbocycles. The molecule has 22 heavy (non-hydrogen) atoms. The van der Waals surface area contributed by atoms with Gasteiger partial charge in [0.15, 0.2) is 4.34 Å². The Labute approximate surface area is 138 Å². The van der Waals surface area contributed by atoms with Gasteiger partial charge < -0.3 is 5.73 Å². The number of aromatic nitrogens is 2. The van der Waals surface area contributed by atoms with Crippen molar-refractivity contribution < 1.29 is 4.79 Å². The highest BCUT2D eigenvalue weighted by atomic mass is 32.2. The van der Waals surface area contributed by atoms with Gasteiger partial charge in [0.25, 0.3) is 0 Å². The smallest absolute Gasteiger partial charge is 0.243 e. The largest absolute Gasteiger partial charge is 0.320 e. The molecule has 1 heterocycles. The molecular formula is C15H20N4OS2. The number of thioether (sulfide) groups is 1. The molecule has 0 fully saturated rings. The standard InChI is InChI=1S/C15H20N4OS2/c1-10(2)8-12(16)13(20)17-14-18-19-15(22-14)21-9-11-6-4-3-5-7-11/h3-7,10,12H,8-9,16H2,1-2H3,(H,17,18,20)/t12-/m0/s1. The van der Waals surface area contributed by atoms with E-state index in [9.17, 15) is 4.79 Å². The maximum atomic E-state index is 11.9. The maximum Gasteiger partial charge on any atom is 0.243 e. The van der Waals surface area contributed by atoms with E-state index in [4.69, 9.17) is 5.73 Å². The van der Waals surface area contributed by atoms with Gasteiger partial charge in [0, 0.05) is 5.75 Å². The first-order valence-corrected chi connectivity index (χ1v) is 8.91. The highest BCUT2D eigenvalue weighted by Crippen LogP contribution is 2.28. The number of amides is 1. The Hall–Kier alpha value is -1.44. The van der Waals surface area contributed by atoms with Gasteiger partial charge in [-0.2, -0.15) is 0 Å². The highest BCUT2D eigenvalue weighted by Gasteiger charge is 2.17. The van der Waals surface area contributed by atoms with Crippen LogP contribution in [-0.4, -0.2) is 22.1 Å². The van der Waals surface area contributed by atoms with Gasteiger partial charge in [-0.15, -0.1) is 10.2 Å². The van der Waals surface area contributed by atoms with E-state index in [0.717, 1.165) is 10.1 Å². The summed E-state index contributed by atoms with van der Waals surface area (Å²) in [5, 5.41) is 11.3. The minimum absolute atomic E-state index is 0.204. The molecule has 1 aromatic heterocycles. The minimum Gasteiger partial charge on any atom is -0.320 e. The van der Waals surface area contributed by atoms with Crippen LogP contribution in [0, 0.1) is 5.92 Å². The summed E-state index contributed by atoms with van der Waals surface area (Å²) in [6, 6.07) is 9.65. The molecule has 0 aliphatic rings. The lowest BCUT2D eigenvalue weighted by Gasteiger charge is -2.12. The van der Waals surface area contributed by atoms with Crippen LogP contribution >= 0.6 is 23.1 Å². The topological polar surface area (TPSA) is 80.9 Å². The summed E-state index contributed by atoms with van der Waals surface area (Å²) in [6.07, 6.45) is 0.653. The summed E-state index contributed by atoms with van der Waals surface area (Å²) in [5.41, 5.74) is 7.08. The van der Waals surface area contributed by atoms with Gasteiger partial charge in [0.05, 0.1) is 6.04 Å². The van der Waals surface area contributed by atoms with Crippen molar-refractivity contribution >= 4 is 34.1 Å². The zero-order valence-electron chi connectivity index (χ0n) is 12.7. The molecule has 0 radical (unpaired) electrons. The van der Waals surface area contributed by atoms with Crippen LogP contribution in [0.1, 0.15) is 25.8 Å². The van der Waals surface area contributed by atoms with E-state index in [0.29, 0.717) is 17.5 Å². The molecule has 0 unspecified atom stereocenters. The molecule has 2 aromatic rings. The Morgan fingerprint density at radius 2 is 2.05 bits per heavy atom. The first-order valence-electron chi connectivity index (χ1n) is 7.11. The number of nitrogens with one attached hydrogen (secondary N) is 1. The van der Waals surface area contributed by atoms with Crippen LogP contribution < -0.4 is 11.1 Å². The number of nitrogens with zero attached hydrogens (tertiary/aromatic N) is 2. The molecule has 1 amide bonds. The lowest BCUT2D eigenvalue weighted by atomic mass is 10.0. The summed E-state index contributed by atoms with van der Waals surface area (Å²) in [5.74, 6) is 1.01. The van der Waals surface area contributed by atoms with E-state index in [1.165, 1.54) is 16.9 Å². The second-order valence-corrected chi connectivity index (χ2v) is 7.57. The zero-order valence-corrected chi connectivity index (χ0v) is 14.3. The molecule has 0 bridgehead atoms. The quantitative estimate of drug-likeness (QED) is 0.600. The molecule has 0 aliphatic carbocycles. The van der Waals surface area contributed by atoms with Crippen LogP contribution in [0.4, 0.5) is 5.13 Å². The molecule has 2 rings (SSSR count).